The van der Waals surface area contributed by atoms with Crippen LogP contribution >= 0.6 is 0 Å². The topological polar surface area (TPSA) is 40.6 Å². The van der Waals surface area contributed by atoms with Crippen LogP contribution in [0.3, 0.4) is 0 Å². The molecule has 5 heteroatoms. The Morgan fingerprint density at radius 3 is 2.28 bits per heavy atom. The molecular weight excluding hydrogens is 319 g/mol. The van der Waals surface area contributed by atoms with Crippen LogP contribution in [0.4, 0.5) is 4.39 Å². The highest BCUT2D eigenvalue weighted by atomic mass is 19.1. The quantitative estimate of drug-likeness (QED) is 0.844. The number of hydrogen-bond donors (Lipinski definition) is 0. The summed E-state index contributed by atoms with van der Waals surface area (Å²) in [7, 11) is 0. The van der Waals surface area contributed by atoms with E-state index in [9.17, 15) is 14.0 Å². The predicted molar refractivity (Wildman–Crippen MR) is 94.5 cm³/mol. The number of carbonyl (C=O) groups excluding carboxylic acids is 2. The van der Waals surface area contributed by atoms with Crippen molar-refractivity contribution in [2.75, 3.05) is 26.2 Å². The second-order valence-corrected chi connectivity index (χ2v) is 7.75. The van der Waals surface area contributed by atoms with E-state index in [0.717, 1.165) is 37.9 Å². The smallest absolute Gasteiger partial charge is 0.232 e. The molecule has 1 aromatic carbocycles. The Labute approximate surface area is 149 Å². The Morgan fingerprint density at radius 2 is 1.64 bits per heavy atom. The molecule has 25 heavy (non-hydrogen) atoms. The molecule has 136 valence electrons. The van der Waals surface area contributed by atoms with E-state index < -0.39 is 5.41 Å². The molecule has 1 aromatic rings. The van der Waals surface area contributed by atoms with Crippen LogP contribution in [0.1, 0.15) is 45.1 Å². The molecule has 2 aliphatic heterocycles. The zero-order valence-electron chi connectivity index (χ0n) is 15.1. The van der Waals surface area contributed by atoms with Crippen LogP contribution < -0.4 is 0 Å². The van der Waals surface area contributed by atoms with Crippen LogP contribution in [-0.2, 0) is 15.0 Å². The van der Waals surface area contributed by atoms with Crippen LogP contribution in [0.15, 0.2) is 24.3 Å². The molecule has 2 amide bonds. The maximum absolute atomic E-state index is 13.2. The summed E-state index contributed by atoms with van der Waals surface area (Å²) >= 11 is 0. The minimum atomic E-state index is -0.725. The first-order valence-electron chi connectivity index (χ1n) is 9.24. The average molecular weight is 346 g/mol. The summed E-state index contributed by atoms with van der Waals surface area (Å²) in [4.78, 5) is 29.4. The molecule has 3 rings (SSSR count). The Hall–Kier alpha value is -1.91. The van der Waals surface area contributed by atoms with Crippen LogP contribution in [0.5, 0.6) is 0 Å². The molecule has 0 spiro atoms. The summed E-state index contributed by atoms with van der Waals surface area (Å²) in [6.07, 6.45) is 4.10. The number of carbonyl (C=O) groups is 2. The van der Waals surface area contributed by atoms with Gasteiger partial charge in [-0.3, -0.25) is 9.59 Å². The van der Waals surface area contributed by atoms with Gasteiger partial charge in [-0.2, -0.15) is 0 Å². The summed E-state index contributed by atoms with van der Waals surface area (Å²) in [5.41, 5.74) is 0.0706. The molecule has 2 aliphatic rings. The first-order valence-corrected chi connectivity index (χ1v) is 9.24. The monoisotopic (exact) mass is 346 g/mol. The number of piperidine rings is 1. The van der Waals surface area contributed by atoms with Gasteiger partial charge in [0.25, 0.3) is 0 Å². The van der Waals surface area contributed by atoms with E-state index in [-0.39, 0.29) is 23.5 Å². The van der Waals surface area contributed by atoms with Gasteiger partial charge in [0, 0.05) is 26.2 Å². The van der Waals surface area contributed by atoms with Crippen molar-refractivity contribution in [3.63, 3.8) is 0 Å². The third-order valence-corrected chi connectivity index (χ3v) is 5.59. The molecule has 0 radical (unpaired) electrons. The number of benzene rings is 1. The number of amides is 2. The Kier molecular flexibility index (Phi) is 5.11. The summed E-state index contributed by atoms with van der Waals surface area (Å²) < 4.78 is 13.2. The highest BCUT2D eigenvalue weighted by molar-refractivity contribution is 5.89. The van der Waals surface area contributed by atoms with Crippen LogP contribution in [0.2, 0.25) is 0 Å². The summed E-state index contributed by atoms with van der Waals surface area (Å²) in [6.45, 7) is 6.55. The van der Waals surface area contributed by atoms with Gasteiger partial charge in [-0.15, -0.1) is 0 Å². The lowest BCUT2D eigenvalue weighted by Gasteiger charge is -2.31. The number of halogens is 1. The molecule has 0 unspecified atom stereocenters. The molecular formula is C20H27FN2O2. The van der Waals surface area contributed by atoms with Gasteiger partial charge in [-0.25, -0.2) is 4.39 Å². The van der Waals surface area contributed by atoms with E-state index in [1.165, 1.54) is 18.6 Å². The largest absolute Gasteiger partial charge is 0.342 e. The molecule has 0 saturated carbocycles. The fourth-order valence-corrected chi connectivity index (χ4v) is 3.90. The number of hydrogen-bond acceptors (Lipinski definition) is 2. The normalized spacial score (nSPS) is 21.5. The van der Waals surface area contributed by atoms with E-state index in [2.05, 4.69) is 0 Å². The third kappa shape index (κ3) is 3.70. The summed E-state index contributed by atoms with van der Waals surface area (Å²) in [6, 6.07) is 6.10. The zero-order chi connectivity index (χ0) is 18.0. The van der Waals surface area contributed by atoms with Gasteiger partial charge in [0.05, 0.1) is 11.3 Å². The molecule has 0 aliphatic carbocycles. The minimum absolute atomic E-state index is 0.00746. The summed E-state index contributed by atoms with van der Waals surface area (Å²) in [5, 5.41) is 0. The van der Waals surface area contributed by atoms with Gasteiger partial charge in [0.1, 0.15) is 5.82 Å². The number of rotatable bonds is 3. The number of likely N-dealkylation sites (tertiary alicyclic amines) is 2. The highest BCUT2D eigenvalue weighted by Gasteiger charge is 2.39. The maximum Gasteiger partial charge on any atom is 0.232 e. The van der Waals surface area contributed by atoms with Gasteiger partial charge in [-0.05, 0) is 57.2 Å². The highest BCUT2D eigenvalue weighted by Crippen LogP contribution is 2.30. The predicted octanol–water partition coefficient (Wildman–Crippen LogP) is 2.96. The molecule has 0 aromatic heterocycles. The fourth-order valence-electron chi connectivity index (χ4n) is 3.90. The summed E-state index contributed by atoms with van der Waals surface area (Å²) in [5.74, 6) is -0.172. The van der Waals surface area contributed by atoms with Crippen molar-refractivity contribution in [2.24, 2.45) is 5.92 Å². The SMILES string of the molecule is CC(C)(C(=O)N1CC[C@@H](C(=O)N2CCCCC2)C1)c1ccc(F)cc1. The first kappa shape index (κ1) is 17.9. The average Bonchev–Trinajstić information content (AvgIpc) is 3.11. The Morgan fingerprint density at radius 1 is 1.00 bits per heavy atom. The standard InChI is InChI=1S/C20H27FN2O2/c1-20(2,16-6-8-17(21)9-7-16)19(25)23-13-10-15(14-23)18(24)22-11-4-3-5-12-22/h6-9,15H,3-5,10-14H2,1-2H3/t15-/m1/s1. The molecule has 4 nitrogen and oxygen atoms in total. The van der Waals surface area contributed by atoms with E-state index in [1.807, 2.05) is 18.7 Å². The van der Waals surface area contributed by atoms with E-state index in [0.29, 0.717) is 13.1 Å². The molecule has 0 bridgehead atoms. The zero-order valence-corrected chi connectivity index (χ0v) is 15.1. The third-order valence-electron chi connectivity index (χ3n) is 5.59. The van der Waals surface area contributed by atoms with Crippen molar-refractivity contribution in [2.45, 2.75) is 44.9 Å². The number of nitrogens with zero attached hydrogens (tertiary/aromatic N) is 2. The maximum atomic E-state index is 13.2. The first-order chi connectivity index (χ1) is 11.9. The molecule has 2 saturated heterocycles. The van der Waals surface area contributed by atoms with Gasteiger partial charge in [-0.1, -0.05) is 12.1 Å². The fraction of sp³-hybridized carbons (Fsp3) is 0.600. The lowest BCUT2D eigenvalue weighted by atomic mass is 9.83. The van der Waals surface area contributed by atoms with Crippen molar-refractivity contribution >= 4 is 11.8 Å². The van der Waals surface area contributed by atoms with Crippen molar-refractivity contribution in [1.29, 1.82) is 0 Å². The van der Waals surface area contributed by atoms with Gasteiger partial charge in [0.2, 0.25) is 11.8 Å². The Bertz CT molecular complexity index is 636. The second kappa shape index (κ2) is 7.14. The van der Waals surface area contributed by atoms with E-state index >= 15 is 0 Å². The molecule has 1 atom stereocenters. The van der Waals surface area contributed by atoms with Gasteiger partial charge in [0.15, 0.2) is 0 Å². The molecule has 0 N–H and O–H groups in total. The van der Waals surface area contributed by atoms with Crippen molar-refractivity contribution < 1.29 is 14.0 Å². The van der Waals surface area contributed by atoms with Gasteiger partial charge < -0.3 is 9.80 Å². The lowest BCUT2D eigenvalue weighted by Crippen LogP contribution is -2.44. The molecule has 2 heterocycles. The van der Waals surface area contributed by atoms with Crippen LogP contribution in [0.25, 0.3) is 0 Å². The van der Waals surface area contributed by atoms with Crippen molar-refractivity contribution in [1.82, 2.24) is 9.80 Å². The lowest BCUT2D eigenvalue weighted by molar-refractivity contribution is -0.137. The Balaban J connectivity index is 1.65. The second-order valence-electron chi connectivity index (χ2n) is 7.75. The minimum Gasteiger partial charge on any atom is -0.342 e. The van der Waals surface area contributed by atoms with Gasteiger partial charge >= 0.3 is 0 Å². The van der Waals surface area contributed by atoms with Crippen LogP contribution in [-0.4, -0.2) is 47.8 Å². The molecule has 2 fully saturated rings. The van der Waals surface area contributed by atoms with Crippen molar-refractivity contribution in [3.8, 4) is 0 Å². The van der Waals surface area contributed by atoms with E-state index in [1.54, 1.807) is 17.0 Å². The van der Waals surface area contributed by atoms with Crippen molar-refractivity contribution in [3.05, 3.63) is 35.6 Å². The van der Waals surface area contributed by atoms with E-state index in [4.69, 9.17) is 0 Å². The van der Waals surface area contributed by atoms with Crippen LogP contribution in [0, 0.1) is 11.7 Å².